The quantitative estimate of drug-likeness (QED) is 0.577. The van der Waals surface area contributed by atoms with E-state index in [0.29, 0.717) is 11.4 Å². The Bertz CT molecular complexity index is 422. The van der Waals surface area contributed by atoms with Crippen LogP contribution in [0.3, 0.4) is 0 Å². The Labute approximate surface area is 94.8 Å². The molecule has 0 aliphatic carbocycles. The van der Waals surface area contributed by atoms with E-state index in [1.54, 1.807) is 18.2 Å². The Balaban J connectivity index is 2.49. The molecule has 0 aromatic heterocycles. The fraction of sp³-hybridized carbons (Fsp3) is 0.250. The van der Waals surface area contributed by atoms with Crippen LogP contribution in [0.5, 0.6) is 5.75 Å². The number of nitrogen functional groups attached to an aromatic ring is 1. The van der Waals surface area contributed by atoms with E-state index >= 15 is 0 Å². The molecule has 0 spiro atoms. The van der Waals surface area contributed by atoms with Crippen molar-refractivity contribution in [3.63, 3.8) is 0 Å². The van der Waals surface area contributed by atoms with E-state index in [4.69, 9.17) is 16.9 Å². The Morgan fingerprint density at radius 1 is 1.62 bits per heavy atom. The monoisotopic (exact) mass is 218 g/mol. The zero-order chi connectivity index (χ0) is 12.0. The molecule has 1 aromatic carbocycles. The van der Waals surface area contributed by atoms with E-state index in [1.165, 1.54) is 0 Å². The third-order valence-electron chi connectivity index (χ3n) is 1.95. The van der Waals surface area contributed by atoms with Crippen LogP contribution in [0, 0.1) is 19.3 Å². The Morgan fingerprint density at radius 2 is 2.38 bits per heavy atom. The first-order chi connectivity index (χ1) is 7.63. The van der Waals surface area contributed by atoms with Crippen molar-refractivity contribution in [1.82, 2.24) is 5.32 Å². The predicted octanol–water partition coefficient (Wildman–Crippen LogP) is 0.705. The SMILES string of the molecule is C#CCNC(=O)COc1ccc(N)cc1C. The van der Waals surface area contributed by atoms with Gasteiger partial charge in [-0.1, -0.05) is 5.92 Å². The van der Waals surface area contributed by atoms with Gasteiger partial charge < -0.3 is 15.8 Å². The minimum atomic E-state index is -0.242. The van der Waals surface area contributed by atoms with E-state index in [2.05, 4.69) is 11.2 Å². The zero-order valence-electron chi connectivity index (χ0n) is 9.12. The second kappa shape index (κ2) is 5.66. The highest BCUT2D eigenvalue weighted by Gasteiger charge is 2.03. The van der Waals surface area contributed by atoms with Gasteiger partial charge in [0, 0.05) is 5.69 Å². The van der Waals surface area contributed by atoms with Gasteiger partial charge >= 0.3 is 0 Å². The van der Waals surface area contributed by atoms with Gasteiger partial charge in [0.1, 0.15) is 5.75 Å². The normalized spacial score (nSPS) is 9.25. The van der Waals surface area contributed by atoms with Crippen LogP contribution in [0.4, 0.5) is 5.69 Å². The summed E-state index contributed by atoms with van der Waals surface area (Å²) in [6.07, 6.45) is 5.01. The van der Waals surface area contributed by atoms with Gasteiger partial charge in [-0.05, 0) is 30.7 Å². The number of terminal acetylenes is 1. The molecular weight excluding hydrogens is 204 g/mol. The molecule has 0 saturated heterocycles. The maximum Gasteiger partial charge on any atom is 0.258 e. The summed E-state index contributed by atoms with van der Waals surface area (Å²) in [6.45, 7) is 2.03. The summed E-state index contributed by atoms with van der Waals surface area (Å²) in [5.41, 5.74) is 7.15. The average Bonchev–Trinajstić information content (AvgIpc) is 2.25. The van der Waals surface area contributed by atoms with Crippen molar-refractivity contribution in [3.05, 3.63) is 23.8 Å². The second-order valence-corrected chi connectivity index (χ2v) is 3.29. The number of hydrogen-bond donors (Lipinski definition) is 2. The number of ether oxygens (including phenoxy) is 1. The fourth-order valence-electron chi connectivity index (χ4n) is 1.18. The number of nitrogens with one attached hydrogen (secondary N) is 1. The van der Waals surface area contributed by atoms with Crippen LogP contribution in [0.25, 0.3) is 0 Å². The Hall–Kier alpha value is -2.15. The topological polar surface area (TPSA) is 64.3 Å². The predicted molar refractivity (Wildman–Crippen MR) is 62.9 cm³/mol. The zero-order valence-corrected chi connectivity index (χ0v) is 9.12. The maximum absolute atomic E-state index is 11.2. The molecule has 1 rings (SSSR count). The van der Waals surface area contributed by atoms with E-state index in [9.17, 15) is 4.79 Å². The van der Waals surface area contributed by atoms with Crippen molar-refractivity contribution in [1.29, 1.82) is 0 Å². The van der Waals surface area contributed by atoms with Crippen LogP contribution in [-0.2, 0) is 4.79 Å². The van der Waals surface area contributed by atoms with Gasteiger partial charge in [0.05, 0.1) is 6.54 Å². The lowest BCUT2D eigenvalue weighted by Gasteiger charge is -2.08. The van der Waals surface area contributed by atoms with E-state index in [1.807, 2.05) is 6.92 Å². The molecule has 1 aromatic rings. The third kappa shape index (κ3) is 3.54. The van der Waals surface area contributed by atoms with Crippen LogP contribution in [0.2, 0.25) is 0 Å². The first-order valence-electron chi connectivity index (χ1n) is 4.82. The smallest absolute Gasteiger partial charge is 0.258 e. The fourth-order valence-corrected chi connectivity index (χ4v) is 1.18. The first-order valence-corrected chi connectivity index (χ1v) is 4.82. The van der Waals surface area contributed by atoms with Crippen LogP contribution in [-0.4, -0.2) is 19.1 Å². The minimum absolute atomic E-state index is 0.0492. The molecule has 0 saturated carbocycles. The number of carbonyl (C=O) groups excluding carboxylic acids is 1. The summed E-state index contributed by atoms with van der Waals surface area (Å²) < 4.78 is 5.31. The lowest BCUT2D eigenvalue weighted by atomic mass is 10.2. The maximum atomic E-state index is 11.2. The van der Waals surface area contributed by atoms with Crippen molar-refractivity contribution in [2.45, 2.75) is 6.92 Å². The lowest BCUT2D eigenvalue weighted by molar-refractivity contribution is -0.122. The first kappa shape index (κ1) is 11.9. The summed E-state index contributed by atoms with van der Waals surface area (Å²) in [5.74, 6) is 2.71. The molecule has 4 nitrogen and oxygen atoms in total. The highest BCUT2D eigenvalue weighted by molar-refractivity contribution is 5.77. The van der Waals surface area contributed by atoms with Gasteiger partial charge in [-0.25, -0.2) is 0 Å². The second-order valence-electron chi connectivity index (χ2n) is 3.29. The summed E-state index contributed by atoms with van der Waals surface area (Å²) >= 11 is 0. The summed E-state index contributed by atoms with van der Waals surface area (Å²) in [6, 6.07) is 5.25. The minimum Gasteiger partial charge on any atom is -0.484 e. The number of hydrogen-bond acceptors (Lipinski definition) is 3. The number of aryl methyl sites for hydroxylation is 1. The van der Waals surface area contributed by atoms with Gasteiger partial charge in [-0.2, -0.15) is 0 Å². The molecule has 1 amide bonds. The highest BCUT2D eigenvalue weighted by atomic mass is 16.5. The third-order valence-corrected chi connectivity index (χ3v) is 1.95. The molecule has 0 atom stereocenters. The number of anilines is 1. The number of carbonyl (C=O) groups is 1. The Morgan fingerprint density at radius 3 is 3.00 bits per heavy atom. The van der Waals surface area contributed by atoms with Gasteiger partial charge in [0.25, 0.3) is 5.91 Å². The standard InChI is InChI=1S/C12H14N2O2/c1-3-6-14-12(15)8-16-11-5-4-10(13)7-9(11)2/h1,4-5,7H,6,8,13H2,2H3,(H,14,15). The lowest BCUT2D eigenvalue weighted by Crippen LogP contribution is -2.29. The van der Waals surface area contributed by atoms with E-state index in [0.717, 1.165) is 5.56 Å². The van der Waals surface area contributed by atoms with Crippen LogP contribution >= 0.6 is 0 Å². The van der Waals surface area contributed by atoms with Crippen LogP contribution in [0.15, 0.2) is 18.2 Å². The highest BCUT2D eigenvalue weighted by Crippen LogP contribution is 2.19. The molecule has 3 N–H and O–H groups in total. The molecule has 0 aliphatic rings. The molecule has 0 aliphatic heterocycles. The summed E-state index contributed by atoms with van der Waals surface area (Å²) in [4.78, 5) is 11.2. The van der Waals surface area contributed by atoms with Gasteiger partial charge in [-0.3, -0.25) is 4.79 Å². The largest absolute Gasteiger partial charge is 0.484 e. The van der Waals surface area contributed by atoms with Crippen molar-refractivity contribution in [2.24, 2.45) is 0 Å². The summed E-state index contributed by atoms with van der Waals surface area (Å²) in [5, 5.41) is 2.51. The molecule has 16 heavy (non-hydrogen) atoms. The molecule has 0 bridgehead atoms. The molecule has 84 valence electrons. The Kier molecular flexibility index (Phi) is 4.22. The van der Waals surface area contributed by atoms with Gasteiger partial charge in [0.15, 0.2) is 6.61 Å². The van der Waals surface area contributed by atoms with E-state index < -0.39 is 0 Å². The number of benzene rings is 1. The molecule has 0 heterocycles. The number of rotatable bonds is 4. The van der Waals surface area contributed by atoms with Crippen molar-refractivity contribution in [2.75, 3.05) is 18.9 Å². The molecule has 0 fully saturated rings. The average molecular weight is 218 g/mol. The van der Waals surface area contributed by atoms with Crippen molar-refractivity contribution >= 4 is 11.6 Å². The van der Waals surface area contributed by atoms with Gasteiger partial charge in [-0.15, -0.1) is 6.42 Å². The van der Waals surface area contributed by atoms with Crippen molar-refractivity contribution < 1.29 is 9.53 Å². The molecule has 0 unspecified atom stereocenters. The molecule has 4 heteroatoms. The molecular formula is C12H14N2O2. The number of amides is 1. The number of nitrogens with two attached hydrogens (primary N) is 1. The van der Waals surface area contributed by atoms with Crippen molar-refractivity contribution in [3.8, 4) is 18.1 Å². The summed E-state index contributed by atoms with van der Waals surface area (Å²) in [7, 11) is 0. The van der Waals surface area contributed by atoms with E-state index in [-0.39, 0.29) is 19.1 Å². The molecule has 0 radical (unpaired) electrons. The van der Waals surface area contributed by atoms with Gasteiger partial charge in [0.2, 0.25) is 0 Å². The van der Waals surface area contributed by atoms with Crippen LogP contribution in [0.1, 0.15) is 5.56 Å². The van der Waals surface area contributed by atoms with Crippen LogP contribution < -0.4 is 15.8 Å².